The molecule has 2 atom stereocenters. The van der Waals surface area contributed by atoms with Crippen LogP contribution in [0.5, 0.6) is 0 Å². The number of nitrogens with zero attached hydrogens (tertiary/aromatic N) is 5. The first-order valence-corrected chi connectivity index (χ1v) is 16.5. The summed E-state index contributed by atoms with van der Waals surface area (Å²) in [7, 11) is 1.56. The predicted molar refractivity (Wildman–Crippen MR) is 178 cm³/mol. The van der Waals surface area contributed by atoms with Crippen LogP contribution in [-0.2, 0) is 10.2 Å². The number of halogens is 1. The summed E-state index contributed by atoms with van der Waals surface area (Å²) in [5, 5.41) is 15.1. The van der Waals surface area contributed by atoms with Crippen molar-refractivity contribution >= 4 is 17.7 Å². The second kappa shape index (κ2) is 15.9. The molecule has 3 heterocycles. The largest absolute Gasteiger partial charge is 0.447 e. The SMILES string of the molecule is CNC(=O)OC(C)CCCCC(CNc1ncccn1)(c1cccc(F)c1)C1CCN(CC2CN(c3ccc(C#N)cc3)C2)CC1. The minimum absolute atomic E-state index is 0.179. The maximum atomic E-state index is 14.8. The van der Waals surface area contributed by atoms with E-state index >= 15 is 0 Å². The highest BCUT2D eigenvalue weighted by Gasteiger charge is 2.42. The number of likely N-dealkylation sites (tertiary alicyclic amines) is 1. The fraction of sp³-hybridized carbons (Fsp3) is 0.500. The van der Waals surface area contributed by atoms with Crippen molar-refractivity contribution in [2.24, 2.45) is 11.8 Å². The maximum Gasteiger partial charge on any atom is 0.407 e. The van der Waals surface area contributed by atoms with Gasteiger partial charge in [-0.2, -0.15) is 5.26 Å². The highest BCUT2D eigenvalue weighted by Crippen LogP contribution is 2.43. The lowest BCUT2D eigenvalue weighted by atomic mass is 9.63. The molecule has 2 aromatic carbocycles. The van der Waals surface area contributed by atoms with E-state index in [1.54, 1.807) is 31.6 Å². The Morgan fingerprint density at radius 2 is 1.85 bits per heavy atom. The van der Waals surface area contributed by atoms with Crippen LogP contribution in [0.15, 0.2) is 67.0 Å². The summed E-state index contributed by atoms with van der Waals surface area (Å²) < 4.78 is 20.2. The van der Waals surface area contributed by atoms with Gasteiger partial charge in [0.05, 0.1) is 11.6 Å². The molecule has 0 saturated carbocycles. The molecule has 2 fully saturated rings. The molecular formula is C36H46FN7O2. The number of amides is 1. The Morgan fingerprint density at radius 1 is 1.11 bits per heavy atom. The van der Waals surface area contributed by atoms with Crippen molar-refractivity contribution < 1.29 is 13.9 Å². The third kappa shape index (κ3) is 8.52. The van der Waals surface area contributed by atoms with Gasteiger partial charge in [0, 0.05) is 62.6 Å². The molecule has 2 unspecified atom stereocenters. The van der Waals surface area contributed by atoms with Crippen LogP contribution in [0, 0.1) is 29.0 Å². The molecule has 0 aliphatic carbocycles. The van der Waals surface area contributed by atoms with E-state index in [4.69, 9.17) is 10.00 Å². The number of unbranched alkanes of at least 4 members (excludes halogenated alkanes) is 1. The Morgan fingerprint density at radius 3 is 2.52 bits per heavy atom. The number of piperidine rings is 1. The van der Waals surface area contributed by atoms with Crippen LogP contribution in [-0.4, -0.2) is 73.4 Å². The van der Waals surface area contributed by atoms with E-state index in [9.17, 15) is 9.18 Å². The van der Waals surface area contributed by atoms with Crippen LogP contribution in [0.4, 0.5) is 20.8 Å². The van der Waals surface area contributed by atoms with E-state index in [0.29, 0.717) is 29.9 Å². The third-order valence-electron chi connectivity index (χ3n) is 9.73. The number of nitrogens with one attached hydrogen (secondary N) is 2. The molecule has 2 aliphatic heterocycles. The van der Waals surface area contributed by atoms with Crippen molar-refractivity contribution in [3.8, 4) is 6.07 Å². The van der Waals surface area contributed by atoms with Gasteiger partial charge in [-0.3, -0.25) is 0 Å². The van der Waals surface area contributed by atoms with Gasteiger partial charge >= 0.3 is 6.09 Å². The number of hydrogen-bond donors (Lipinski definition) is 2. The molecule has 1 amide bonds. The summed E-state index contributed by atoms with van der Waals surface area (Å²) in [6.45, 7) is 7.68. The quantitative estimate of drug-likeness (QED) is 0.210. The van der Waals surface area contributed by atoms with Crippen LogP contribution >= 0.6 is 0 Å². The van der Waals surface area contributed by atoms with E-state index in [1.807, 2.05) is 37.3 Å². The van der Waals surface area contributed by atoms with Crippen molar-refractivity contribution in [1.29, 1.82) is 5.26 Å². The van der Waals surface area contributed by atoms with Crippen molar-refractivity contribution in [2.75, 3.05) is 56.5 Å². The van der Waals surface area contributed by atoms with Crippen molar-refractivity contribution in [2.45, 2.75) is 57.0 Å². The van der Waals surface area contributed by atoms with Crippen molar-refractivity contribution in [1.82, 2.24) is 20.2 Å². The highest BCUT2D eigenvalue weighted by atomic mass is 19.1. The van der Waals surface area contributed by atoms with Gasteiger partial charge in [-0.05, 0) is 106 Å². The summed E-state index contributed by atoms with van der Waals surface area (Å²) >= 11 is 0. The summed E-state index contributed by atoms with van der Waals surface area (Å²) in [5.41, 5.74) is 2.56. The zero-order valence-electron chi connectivity index (χ0n) is 27.0. The molecule has 0 radical (unpaired) electrons. The molecule has 0 spiro atoms. The summed E-state index contributed by atoms with van der Waals surface area (Å²) in [5.74, 6) is 1.32. The highest BCUT2D eigenvalue weighted by molar-refractivity contribution is 5.66. The first kappa shape index (κ1) is 33.1. The smallest absolute Gasteiger partial charge is 0.407 e. The summed E-state index contributed by atoms with van der Waals surface area (Å²) in [4.78, 5) is 25.5. The van der Waals surface area contributed by atoms with E-state index in [-0.39, 0.29) is 17.3 Å². The number of benzene rings is 2. The van der Waals surface area contributed by atoms with E-state index < -0.39 is 6.09 Å². The van der Waals surface area contributed by atoms with Crippen molar-refractivity contribution in [3.63, 3.8) is 0 Å². The maximum absolute atomic E-state index is 14.8. The number of anilines is 2. The lowest BCUT2D eigenvalue weighted by molar-refractivity contribution is 0.0968. The molecule has 2 N–H and O–H groups in total. The van der Waals surface area contributed by atoms with Crippen LogP contribution in [0.2, 0.25) is 0 Å². The zero-order chi connectivity index (χ0) is 32.4. The number of aromatic nitrogens is 2. The fourth-order valence-corrected chi connectivity index (χ4v) is 7.19. The number of carbonyl (C=O) groups excluding carboxylic acids is 1. The Labute approximate surface area is 272 Å². The predicted octanol–water partition coefficient (Wildman–Crippen LogP) is 5.99. The summed E-state index contributed by atoms with van der Waals surface area (Å²) in [6.07, 6.45) is 8.37. The average molecular weight is 628 g/mol. The number of ether oxygens (including phenoxy) is 1. The normalized spacial score (nSPS) is 17.7. The molecule has 2 saturated heterocycles. The second-order valence-corrected chi connectivity index (χ2v) is 12.8. The number of nitriles is 1. The molecule has 10 heteroatoms. The third-order valence-corrected chi connectivity index (χ3v) is 9.73. The molecular weight excluding hydrogens is 581 g/mol. The van der Waals surface area contributed by atoms with Gasteiger partial charge in [0.25, 0.3) is 0 Å². The Bertz CT molecular complexity index is 1440. The second-order valence-electron chi connectivity index (χ2n) is 12.8. The zero-order valence-corrected chi connectivity index (χ0v) is 27.0. The minimum Gasteiger partial charge on any atom is -0.447 e. The number of rotatable bonds is 14. The number of hydrogen-bond acceptors (Lipinski definition) is 8. The molecule has 0 bridgehead atoms. The standard InChI is InChI=1S/C36H46FN7O2/c1-27(46-35(45)39-2)7-3-4-16-36(31-8-5-9-32(37)21-31,26-42-34-40-17-6-18-41-34)30-14-19-43(20-15-30)23-29-24-44(25-29)33-12-10-28(22-38)11-13-33/h5-6,8-13,17-18,21,27,29-30H,3-4,7,14-16,19-20,23-26H2,1-2H3,(H,39,45)(H,40,41,42). The van der Waals surface area contributed by atoms with E-state index in [2.05, 4.69) is 42.5 Å². The number of alkyl carbamates (subject to hydrolysis) is 1. The van der Waals surface area contributed by atoms with Gasteiger partial charge < -0.3 is 25.2 Å². The van der Waals surface area contributed by atoms with Gasteiger partial charge in [0.2, 0.25) is 5.95 Å². The van der Waals surface area contributed by atoms with E-state index in [0.717, 1.165) is 76.8 Å². The summed E-state index contributed by atoms with van der Waals surface area (Å²) in [6, 6.07) is 19.0. The monoisotopic (exact) mass is 627 g/mol. The average Bonchev–Trinajstić information content (AvgIpc) is 3.07. The Balaban J connectivity index is 1.25. The van der Waals surface area contributed by atoms with Gasteiger partial charge in [-0.1, -0.05) is 18.6 Å². The molecule has 3 aromatic rings. The first-order chi connectivity index (χ1) is 22.4. The van der Waals surface area contributed by atoms with Gasteiger partial charge in [0.1, 0.15) is 11.9 Å². The Kier molecular flexibility index (Phi) is 11.4. The van der Waals surface area contributed by atoms with Crippen LogP contribution < -0.4 is 15.5 Å². The lowest BCUT2D eigenvalue weighted by Crippen LogP contribution is -2.53. The minimum atomic E-state index is -0.413. The lowest BCUT2D eigenvalue weighted by Gasteiger charge is -2.48. The molecule has 244 valence electrons. The molecule has 2 aliphatic rings. The van der Waals surface area contributed by atoms with Gasteiger partial charge in [-0.15, -0.1) is 0 Å². The molecule has 1 aromatic heterocycles. The van der Waals surface area contributed by atoms with Gasteiger partial charge in [-0.25, -0.2) is 19.2 Å². The fourth-order valence-electron chi connectivity index (χ4n) is 7.19. The van der Waals surface area contributed by atoms with Crippen LogP contribution in [0.1, 0.15) is 56.6 Å². The molecule has 46 heavy (non-hydrogen) atoms. The van der Waals surface area contributed by atoms with Gasteiger partial charge in [0.15, 0.2) is 0 Å². The molecule has 5 rings (SSSR count). The van der Waals surface area contributed by atoms with Crippen LogP contribution in [0.25, 0.3) is 0 Å². The van der Waals surface area contributed by atoms with Crippen LogP contribution in [0.3, 0.4) is 0 Å². The van der Waals surface area contributed by atoms with E-state index in [1.165, 1.54) is 11.8 Å². The topological polar surface area (TPSA) is 106 Å². The number of carbonyl (C=O) groups is 1. The van der Waals surface area contributed by atoms with Crippen molar-refractivity contribution in [3.05, 3.63) is 83.9 Å². The first-order valence-electron chi connectivity index (χ1n) is 16.5. The molecule has 9 nitrogen and oxygen atoms in total. The Hall–Kier alpha value is -4.23.